The molecule has 1 aliphatic carbocycles. The van der Waals surface area contributed by atoms with Crippen molar-refractivity contribution in [1.82, 2.24) is 20.5 Å². The van der Waals surface area contributed by atoms with Crippen molar-refractivity contribution >= 4 is 35.2 Å². The summed E-state index contributed by atoms with van der Waals surface area (Å²) in [5.74, 6) is -1.26. The summed E-state index contributed by atoms with van der Waals surface area (Å²) < 4.78 is 10.8. The van der Waals surface area contributed by atoms with Gasteiger partial charge in [0.1, 0.15) is 18.3 Å². The molecule has 1 heterocycles. The first-order chi connectivity index (χ1) is 26.9. The van der Waals surface area contributed by atoms with Gasteiger partial charge in [0.05, 0.1) is 18.0 Å². The quantitative estimate of drug-likeness (QED) is 0.0979. The number of esters is 1. The maximum absolute atomic E-state index is 14.1. The van der Waals surface area contributed by atoms with Gasteiger partial charge in [-0.25, -0.2) is 9.78 Å². The van der Waals surface area contributed by atoms with Crippen molar-refractivity contribution in [3.8, 4) is 11.1 Å². The van der Waals surface area contributed by atoms with E-state index < -0.39 is 12.1 Å². The number of rotatable bonds is 18. The Bertz CT molecular complexity index is 1900. The predicted octanol–water partition coefficient (Wildman–Crippen LogP) is 8.05. The van der Waals surface area contributed by atoms with E-state index in [0.717, 1.165) is 32.8 Å². The van der Waals surface area contributed by atoms with Crippen LogP contribution < -0.4 is 10.6 Å². The van der Waals surface area contributed by atoms with Crippen molar-refractivity contribution in [2.75, 3.05) is 20.8 Å². The Morgan fingerprint density at radius 2 is 1.50 bits per heavy atom. The number of hydrogen-bond donors (Lipinski definition) is 2. The highest BCUT2D eigenvalue weighted by Crippen LogP contribution is 2.44. The zero-order valence-corrected chi connectivity index (χ0v) is 34.4. The van der Waals surface area contributed by atoms with Crippen LogP contribution in [0.15, 0.2) is 84.2 Å². The molecule has 0 spiro atoms. The van der Waals surface area contributed by atoms with E-state index in [1.807, 2.05) is 68.4 Å². The number of nitrogens with zero attached hydrogens (tertiary/aromatic N) is 2. The minimum absolute atomic E-state index is 0.0812. The first-order valence-corrected chi connectivity index (χ1v) is 20.5. The number of fused-ring (bicyclic) bond motifs is 3. The van der Waals surface area contributed by atoms with Crippen LogP contribution in [0.3, 0.4) is 0 Å². The lowest BCUT2D eigenvalue weighted by Crippen LogP contribution is -2.54. The van der Waals surface area contributed by atoms with Gasteiger partial charge in [-0.15, -0.1) is 11.3 Å². The van der Waals surface area contributed by atoms with Crippen LogP contribution >= 0.6 is 11.3 Å². The third kappa shape index (κ3) is 10.4. The van der Waals surface area contributed by atoms with E-state index in [9.17, 15) is 19.2 Å². The fourth-order valence-electron chi connectivity index (χ4n) is 7.68. The molecule has 0 saturated carbocycles. The second-order valence-corrected chi connectivity index (χ2v) is 16.2. The SMILES string of the molecule is CC[C@H](C)[C@H](NC(=O)OCC1c2ccccc2-c2ccccc21)C(=O)N(C)[C@H](CCc1nc(C(=O)N[C@H](Cc2ccccc2)C[C@H](C)C(=O)OC)cs1)C(C)C. The molecule has 56 heavy (non-hydrogen) atoms. The maximum atomic E-state index is 14.1. The summed E-state index contributed by atoms with van der Waals surface area (Å²) in [5, 5.41) is 8.57. The Balaban J connectivity index is 1.19. The van der Waals surface area contributed by atoms with Gasteiger partial charge < -0.3 is 25.0 Å². The molecule has 0 aliphatic heterocycles. The number of ether oxygens (including phenoxy) is 2. The van der Waals surface area contributed by atoms with E-state index in [1.54, 1.807) is 24.3 Å². The summed E-state index contributed by atoms with van der Waals surface area (Å²) in [6.07, 6.45) is 2.26. The first kappa shape index (κ1) is 42.1. The molecule has 2 N–H and O–H groups in total. The number of thiazole rings is 1. The van der Waals surface area contributed by atoms with Gasteiger partial charge in [-0.2, -0.15) is 0 Å². The molecular weight excluding hydrogens is 725 g/mol. The van der Waals surface area contributed by atoms with Crippen LogP contribution in [0.4, 0.5) is 4.79 Å². The second-order valence-electron chi connectivity index (χ2n) is 15.3. The Morgan fingerprint density at radius 3 is 2.11 bits per heavy atom. The van der Waals surface area contributed by atoms with Gasteiger partial charge in [0.15, 0.2) is 0 Å². The number of aromatic nitrogens is 1. The van der Waals surface area contributed by atoms with E-state index in [-0.39, 0.29) is 60.1 Å². The van der Waals surface area contributed by atoms with Gasteiger partial charge in [-0.05, 0) is 58.9 Å². The maximum Gasteiger partial charge on any atom is 0.407 e. The summed E-state index contributed by atoms with van der Waals surface area (Å²) in [7, 11) is 3.16. The molecule has 0 fully saturated rings. The summed E-state index contributed by atoms with van der Waals surface area (Å²) >= 11 is 1.41. The average Bonchev–Trinajstić information content (AvgIpc) is 3.81. The van der Waals surface area contributed by atoms with Gasteiger partial charge in [0.25, 0.3) is 5.91 Å². The van der Waals surface area contributed by atoms with Crippen molar-refractivity contribution in [2.45, 2.75) is 90.8 Å². The monoisotopic (exact) mass is 780 g/mol. The molecule has 0 unspecified atom stereocenters. The van der Waals surface area contributed by atoms with Crippen LogP contribution in [0.5, 0.6) is 0 Å². The molecular formula is C45H56N4O6S. The number of likely N-dealkylation sites (N-methyl/N-ethyl adjacent to an activating group) is 1. The Labute approximate surface area is 335 Å². The number of aryl methyl sites for hydroxylation is 1. The fraction of sp³-hybridized carbons (Fsp3) is 0.444. The molecule has 4 aromatic rings. The van der Waals surface area contributed by atoms with Crippen LogP contribution in [-0.2, 0) is 31.9 Å². The summed E-state index contributed by atoms with van der Waals surface area (Å²) in [4.78, 5) is 59.5. The topological polar surface area (TPSA) is 127 Å². The lowest BCUT2D eigenvalue weighted by atomic mass is 9.94. The van der Waals surface area contributed by atoms with Crippen LogP contribution in [0, 0.1) is 17.8 Å². The van der Waals surface area contributed by atoms with Gasteiger partial charge >= 0.3 is 12.1 Å². The number of benzene rings is 3. The Morgan fingerprint density at radius 1 is 0.875 bits per heavy atom. The van der Waals surface area contributed by atoms with Crippen molar-refractivity contribution in [3.63, 3.8) is 0 Å². The second kappa shape index (κ2) is 19.7. The van der Waals surface area contributed by atoms with Crippen LogP contribution in [0.1, 0.15) is 92.0 Å². The highest BCUT2D eigenvalue weighted by atomic mass is 32.1. The molecule has 0 saturated heterocycles. The van der Waals surface area contributed by atoms with Crippen LogP contribution in [0.2, 0.25) is 0 Å². The first-order valence-electron chi connectivity index (χ1n) is 19.7. The molecule has 0 bridgehead atoms. The number of carbonyl (C=O) groups is 4. The predicted molar refractivity (Wildman–Crippen MR) is 220 cm³/mol. The van der Waals surface area contributed by atoms with E-state index in [0.29, 0.717) is 37.8 Å². The highest BCUT2D eigenvalue weighted by Gasteiger charge is 2.34. The Kier molecular flexibility index (Phi) is 14.8. The number of alkyl carbamates (subject to hydrolysis) is 1. The van der Waals surface area contributed by atoms with Crippen molar-refractivity contribution < 1.29 is 28.7 Å². The highest BCUT2D eigenvalue weighted by molar-refractivity contribution is 7.09. The number of nitrogens with one attached hydrogen (secondary N) is 2. The minimum Gasteiger partial charge on any atom is -0.469 e. The zero-order chi connectivity index (χ0) is 40.4. The molecule has 1 aromatic heterocycles. The third-order valence-electron chi connectivity index (χ3n) is 11.1. The van der Waals surface area contributed by atoms with Crippen molar-refractivity contribution in [2.24, 2.45) is 17.8 Å². The lowest BCUT2D eigenvalue weighted by molar-refractivity contribution is -0.145. The summed E-state index contributed by atoms with van der Waals surface area (Å²) in [6.45, 7) is 10.1. The molecule has 11 heteroatoms. The number of carbonyl (C=O) groups excluding carboxylic acids is 4. The van der Waals surface area contributed by atoms with Gasteiger partial charge in [0, 0.05) is 36.9 Å². The fourth-order valence-corrected chi connectivity index (χ4v) is 8.48. The molecule has 3 aromatic carbocycles. The molecule has 5 atom stereocenters. The smallest absolute Gasteiger partial charge is 0.407 e. The summed E-state index contributed by atoms with van der Waals surface area (Å²) in [5.41, 5.74) is 5.93. The zero-order valence-electron chi connectivity index (χ0n) is 33.6. The third-order valence-corrected chi connectivity index (χ3v) is 12.0. The number of hydrogen-bond acceptors (Lipinski definition) is 8. The number of methoxy groups -OCH3 is 1. The Hall–Kier alpha value is -5.03. The molecule has 10 nitrogen and oxygen atoms in total. The standard InChI is InChI=1S/C45H56N4O6S/c1-8-29(4)41(48-45(53)55-26-37-35-20-14-12-18-33(35)34-19-13-15-21-36(34)37)43(51)49(6)39(28(2)3)22-23-40-47-38(27-56-40)42(50)46-32(24-30(5)44(52)54-7)25-31-16-10-9-11-17-31/h9-21,27-30,32,37,39,41H,8,22-26H2,1-7H3,(H,46,50)(H,48,53)/t29-,30-,32-,39+,41-/m0/s1. The van der Waals surface area contributed by atoms with Crippen molar-refractivity contribution in [3.05, 3.63) is 112 Å². The van der Waals surface area contributed by atoms with Gasteiger partial charge in [-0.1, -0.05) is 120 Å². The normalized spacial score (nSPS) is 14.8. The minimum atomic E-state index is -0.761. The summed E-state index contributed by atoms with van der Waals surface area (Å²) in [6, 6.07) is 25.0. The van der Waals surface area contributed by atoms with Crippen LogP contribution in [0.25, 0.3) is 11.1 Å². The molecule has 298 valence electrons. The van der Waals surface area contributed by atoms with E-state index in [2.05, 4.69) is 53.7 Å². The van der Waals surface area contributed by atoms with Crippen molar-refractivity contribution in [1.29, 1.82) is 0 Å². The average molecular weight is 781 g/mol. The molecule has 1 aliphatic rings. The van der Waals surface area contributed by atoms with E-state index >= 15 is 0 Å². The molecule has 3 amide bonds. The number of amides is 3. The largest absolute Gasteiger partial charge is 0.469 e. The molecule has 0 radical (unpaired) electrons. The van der Waals surface area contributed by atoms with Gasteiger partial charge in [0.2, 0.25) is 5.91 Å². The molecule has 5 rings (SSSR count). The van der Waals surface area contributed by atoms with E-state index in [1.165, 1.54) is 18.4 Å². The lowest BCUT2D eigenvalue weighted by Gasteiger charge is -2.35. The van der Waals surface area contributed by atoms with E-state index in [4.69, 9.17) is 9.47 Å². The van der Waals surface area contributed by atoms with Crippen LogP contribution in [-0.4, -0.2) is 72.7 Å². The van der Waals surface area contributed by atoms with Gasteiger partial charge in [-0.3, -0.25) is 14.4 Å².